The molecule has 1 aromatic heterocycles. The average molecular weight is 283 g/mol. The summed E-state index contributed by atoms with van der Waals surface area (Å²) in [7, 11) is 0. The summed E-state index contributed by atoms with van der Waals surface area (Å²) in [5.74, 6) is -0.109. The number of ether oxygens (including phenoxy) is 1. The van der Waals surface area contributed by atoms with Crippen LogP contribution in [0.4, 0.5) is 0 Å². The van der Waals surface area contributed by atoms with Crippen molar-refractivity contribution >= 4 is 17.2 Å². The number of carbonyl (C=O) groups is 1. The average Bonchev–Trinajstić information content (AvgIpc) is 2.88. The molecule has 2 unspecified atom stereocenters. The number of nitrogens with one attached hydrogen (secondary N) is 1. The molecule has 2 atom stereocenters. The fourth-order valence-corrected chi connectivity index (χ4v) is 3.01. The Bertz CT molecular complexity index is 447. The molecule has 106 valence electrons. The quantitative estimate of drug-likeness (QED) is 0.853. The van der Waals surface area contributed by atoms with E-state index in [9.17, 15) is 4.79 Å². The first kappa shape index (κ1) is 14.4. The summed E-state index contributed by atoms with van der Waals surface area (Å²) in [5.41, 5.74) is 6.83. The van der Waals surface area contributed by atoms with E-state index < -0.39 is 5.54 Å². The van der Waals surface area contributed by atoms with E-state index in [2.05, 4.69) is 10.3 Å². The van der Waals surface area contributed by atoms with Crippen LogP contribution in [-0.2, 0) is 16.1 Å². The molecule has 1 aliphatic rings. The Hall–Kier alpha value is -0.980. The third-order valence-electron chi connectivity index (χ3n) is 4.14. The van der Waals surface area contributed by atoms with E-state index >= 15 is 0 Å². The lowest BCUT2D eigenvalue weighted by molar-refractivity contribution is -0.170. The summed E-state index contributed by atoms with van der Waals surface area (Å²) in [6.45, 7) is 7.06. The number of hydrogen-bond donors (Lipinski definition) is 2. The molecule has 0 bridgehead atoms. The van der Waals surface area contributed by atoms with Crippen molar-refractivity contribution < 1.29 is 9.53 Å². The maximum absolute atomic E-state index is 12.3. The number of amides is 1. The van der Waals surface area contributed by atoms with Crippen LogP contribution in [0.1, 0.15) is 32.1 Å². The molecular formula is C13H21N3O2S. The van der Waals surface area contributed by atoms with Crippen LogP contribution < -0.4 is 11.1 Å². The van der Waals surface area contributed by atoms with Gasteiger partial charge in [-0.05, 0) is 6.92 Å². The van der Waals surface area contributed by atoms with Gasteiger partial charge in [-0.25, -0.2) is 0 Å². The Kier molecular flexibility index (Phi) is 3.94. The molecule has 3 N–H and O–H groups in total. The Morgan fingerprint density at radius 1 is 1.68 bits per heavy atom. The van der Waals surface area contributed by atoms with E-state index in [0.717, 1.165) is 4.88 Å². The summed E-state index contributed by atoms with van der Waals surface area (Å²) < 4.78 is 5.62. The SMILES string of the molecule is CCOC1CC(N)(C(=O)NCc2cncs2)C1(C)C. The Labute approximate surface area is 117 Å². The zero-order chi connectivity index (χ0) is 14.1. The Morgan fingerprint density at radius 3 is 2.95 bits per heavy atom. The zero-order valence-electron chi connectivity index (χ0n) is 11.6. The number of hydrogen-bond acceptors (Lipinski definition) is 5. The highest BCUT2D eigenvalue weighted by atomic mass is 32.1. The predicted molar refractivity (Wildman–Crippen MR) is 74.7 cm³/mol. The molecule has 0 spiro atoms. The Morgan fingerprint density at radius 2 is 2.42 bits per heavy atom. The van der Waals surface area contributed by atoms with Crippen LogP contribution in [0.2, 0.25) is 0 Å². The number of carbonyl (C=O) groups excluding carboxylic acids is 1. The monoisotopic (exact) mass is 283 g/mol. The van der Waals surface area contributed by atoms with Crippen LogP contribution in [0.5, 0.6) is 0 Å². The lowest BCUT2D eigenvalue weighted by atomic mass is 9.54. The Balaban J connectivity index is 1.95. The van der Waals surface area contributed by atoms with Crippen LogP contribution in [0.15, 0.2) is 11.7 Å². The van der Waals surface area contributed by atoms with Crippen molar-refractivity contribution in [2.45, 2.75) is 45.4 Å². The molecule has 1 aromatic rings. The first-order chi connectivity index (χ1) is 8.91. The van der Waals surface area contributed by atoms with Gasteiger partial charge in [-0.1, -0.05) is 13.8 Å². The van der Waals surface area contributed by atoms with Gasteiger partial charge in [0.2, 0.25) is 5.91 Å². The normalized spacial score (nSPS) is 28.7. The first-order valence-corrected chi connectivity index (χ1v) is 7.36. The van der Waals surface area contributed by atoms with E-state index in [0.29, 0.717) is 19.6 Å². The lowest BCUT2D eigenvalue weighted by Gasteiger charge is -2.57. The van der Waals surface area contributed by atoms with Gasteiger partial charge >= 0.3 is 0 Å². The van der Waals surface area contributed by atoms with Crippen LogP contribution in [0, 0.1) is 5.41 Å². The number of rotatable bonds is 5. The molecule has 0 aliphatic heterocycles. The van der Waals surface area contributed by atoms with Gasteiger partial charge < -0.3 is 15.8 Å². The van der Waals surface area contributed by atoms with Gasteiger partial charge in [-0.15, -0.1) is 11.3 Å². The smallest absolute Gasteiger partial charge is 0.241 e. The molecular weight excluding hydrogens is 262 g/mol. The summed E-state index contributed by atoms with van der Waals surface area (Å²) in [4.78, 5) is 17.3. The number of aromatic nitrogens is 1. The summed E-state index contributed by atoms with van der Waals surface area (Å²) in [5, 5.41) is 2.90. The van der Waals surface area contributed by atoms with Crippen LogP contribution in [0.3, 0.4) is 0 Å². The maximum atomic E-state index is 12.3. The molecule has 1 fully saturated rings. The van der Waals surface area contributed by atoms with Gasteiger partial charge in [0.05, 0.1) is 18.2 Å². The van der Waals surface area contributed by atoms with Crippen molar-refractivity contribution in [3.05, 3.63) is 16.6 Å². The minimum absolute atomic E-state index is 0.0525. The fraction of sp³-hybridized carbons (Fsp3) is 0.692. The summed E-state index contributed by atoms with van der Waals surface area (Å²) >= 11 is 1.52. The summed E-state index contributed by atoms with van der Waals surface area (Å²) in [6.07, 6.45) is 2.38. The maximum Gasteiger partial charge on any atom is 0.241 e. The van der Waals surface area contributed by atoms with Crippen molar-refractivity contribution in [2.24, 2.45) is 11.1 Å². The standard InChI is InChI=1S/C13H21N3O2S/c1-4-18-10-5-13(14,12(10,2)3)11(17)16-7-9-6-15-8-19-9/h6,8,10H,4-5,7,14H2,1-3H3,(H,16,17). The van der Waals surface area contributed by atoms with Crippen molar-refractivity contribution in [1.29, 1.82) is 0 Å². The van der Waals surface area contributed by atoms with Gasteiger partial charge in [-0.3, -0.25) is 9.78 Å². The third kappa shape index (κ3) is 2.40. The van der Waals surface area contributed by atoms with Crippen LogP contribution >= 0.6 is 11.3 Å². The van der Waals surface area contributed by atoms with E-state index in [1.54, 1.807) is 11.7 Å². The van der Waals surface area contributed by atoms with Gasteiger partial charge in [0.1, 0.15) is 5.54 Å². The molecule has 0 aromatic carbocycles. The molecule has 19 heavy (non-hydrogen) atoms. The highest BCUT2D eigenvalue weighted by molar-refractivity contribution is 7.09. The molecule has 5 nitrogen and oxygen atoms in total. The second-order valence-corrected chi connectivity index (χ2v) is 6.46. The van der Waals surface area contributed by atoms with E-state index in [1.807, 2.05) is 20.8 Å². The largest absolute Gasteiger partial charge is 0.378 e. The van der Waals surface area contributed by atoms with Crippen molar-refractivity contribution in [3.8, 4) is 0 Å². The lowest BCUT2D eigenvalue weighted by Crippen LogP contribution is -2.75. The van der Waals surface area contributed by atoms with Gasteiger partial charge in [-0.2, -0.15) is 0 Å². The van der Waals surface area contributed by atoms with E-state index in [4.69, 9.17) is 10.5 Å². The minimum atomic E-state index is -0.850. The predicted octanol–water partition coefficient (Wildman–Crippen LogP) is 1.29. The van der Waals surface area contributed by atoms with Gasteiger partial charge in [0.25, 0.3) is 0 Å². The highest BCUT2D eigenvalue weighted by Gasteiger charge is 2.62. The van der Waals surface area contributed by atoms with Gasteiger partial charge in [0, 0.05) is 29.5 Å². The third-order valence-corrected chi connectivity index (χ3v) is 4.92. The van der Waals surface area contributed by atoms with Gasteiger partial charge in [0.15, 0.2) is 0 Å². The molecule has 0 saturated heterocycles. The zero-order valence-corrected chi connectivity index (χ0v) is 12.4. The molecule has 0 radical (unpaired) electrons. The van der Waals surface area contributed by atoms with E-state index in [-0.39, 0.29) is 17.4 Å². The fourth-order valence-electron chi connectivity index (χ4n) is 2.48. The molecule has 6 heteroatoms. The molecule has 1 saturated carbocycles. The van der Waals surface area contributed by atoms with Crippen LogP contribution in [0.25, 0.3) is 0 Å². The highest BCUT2D eigenvalue weighted by Crippen LogP contribution is 2.49. The second-order valence-electron chi connectivity index (χ2n) is 5.49. The molecule has 1 amide bonds. The second kappa shape index (κ2) is 5.19. The topological polar surface area (TPSA) is 77.2 Å². The van der Waals surface area contributed by atoms with Crippen molar-refractivity contribution in [2.75, 3.05) is 6.61 Å². The van der Waals surface area contributed by atoms with Crippen molar-refractivity contribution in [1.82, 2.24) is 10.3 Å². The number of nitrogens with zero attached hydrogens (tertiary/aromatic N) is 1. The minimum Gasteiger partial charge on any atom is -0.378 e. The van der Waals surface area contributed by atoms with Crippen molar-refractivity contribution in [3.63, 3.8) is 0 Å². The number of nitrogens with two attached hydrogens (primary N) is 1. The molecule has 1 aliphatic carbocycles. The first-order valence-electron chi connectivity index (χ1n) is 6.48. The van der Waals surface area contributed by atoms with Crippen LogP contribution in [-0.4, -0.2) is 29.1 Å². The summed E-state index contributed by atoms with van der Waals surface area (Å²) in [6, 6.07) is 0. The molecule has 2 rings (SSSR count). The molecule has 1 heterocycles. The number of thiazole rings is 1. The van der Waals surface area contributed by atoms with E-state index in [1.165, 1.54) is 11.3 Å².